The standard InChI is InChI=1S/C10H14N4OS/c1-3-15-8-5-4-6-12-9(8)7(2)13-14-10(11)16/h4-6H,3H2,1-2H3,(H3,11,14,16)/b13-7+. The van der Waals surface area contributed by atoms with E-state index in [1.54, 1.807) is 13.1 Å². The summed E-state index contributed by atoms with van der Waals surface area (Å²) in [5, 5.41) is 4.11. The average Bonchev–Trinajstić information content (AvgIpc) is 2.27. The van der Waals surface area contributed by atoms with Crippen LogP contribution in [0.2, 0.25) is 0 Å². The van der Waals surface area contributed by atoms with Gasteiger partial charge in [0.25, 0.3) is 0 Å². The van der Waals surface area contributed by atoms with Gasteiger partial charge in [-0.2, -0.15) is 5.10 Å². The van der Waals surface area contributed by atoms with Gasteiger partial charge in [-0.1, -0.05) is 0 Å². The van der Waals surface area contributed by atoms with Gasteiger partial charge in [-0.15, -0.1) is 0 Å². The average molecular weight is 238 g/mol. The number of nitrogens with zero attached hydrogens (tertiary/aromatic N) is 2. The van der Waals surface area contributed by atoms with Crippen molar-refractivity contribution in [2.45, 2.75) is 13.8 Å². The van der Waals surface area contributed by atoms with Crippen molar-refractivity contribution in [3.8, 4) is 5.75 Å². The normalized spacial score (nSPS) is 11.0. The van der Waals surface area contributed by atoms with Crippen LogP contribution in [0.3, 0.4) is 0 Å². The Morgan fingerprint density at radius 1 is 1.69 bits per heavy atom. The van der Waals surface area contributed by atoms with E-state index in [1.807, 2.05) is 19.1 Å². The van der Waals surface area contributed by atoms with Gasteiger partial charge in [0, 0.05) is 6.20 Å². The number of hydrogen-bond donors (Lipinski definition) is 2. The molecule has 0 saturated carbocycles. The van der Waals surface area contributed by atoms with Gasteiger partial charge in [-0.05, 0) is 38.2 Å². The maximum absolute atomic E-state index is 5.43. The molecule has 0 fully saturated rings. The number of nitrogens with two attached hydrogens (primary N) is 1. The van der Waals surface area contributed by atoms with Crippen molar-refractivity contribution in [1.82, 2.24) is 10.4 Å². The highest BCUT2D eigenvalue weighted by molar-refractivity contribution is 7.80. The predicted octanol–water partition coefficient (Wildman–Crippen LogP) is 1.04. The first-order chi connectivity index (χ1) is 7.65. The summed E-state index contributed by atoms with van der Waals surface area (Å²) >= 11 is 4.66. The molecule has 0 saturated heterocycles. The number of thiocarbonyl (C=S) groups is 1. The van der Waals surface area contributed by atoms with E-state index < -0.39 is 0 Å². The zero-order valence-electron chi connectivity index (χ0n) is 9.23. The molecule has 1 aromatic rings. The Balaban J connectivity index is 2.93. The second-order valence-electron chi connectivity index (χ2n) is 2.96. The molecule has 0 spiro atoms. The molecule has 0 aromatic carbocycles. The Bertz CT molecular complexity index is 406. The van der Waals surface area contributed by atoms with E-state index >= 15 is 0 Å². The number of hydrogen-bond acceptors (Lipinski definition) is 4. The molecule has 1 rings (SSSR count). The van der Waals surface area contributed by atoms with Crippen LogP contribution in [-0.2, 0) is 0 Å². The molecule has 0 radical (unpaired) electrons. The fourth-order valence-corrected chi connectivity index (χ4v) is 1.17. The first kappa shape index (κ1) is 12.4. The third kappa shape index (κ3) is 3.47. The van der Waals surface area contributed by atoms with Crippen LogP contribution < -0.4 is 15.9 Å². The highest BCUT2D eigenvalue weighted by Crippen LogP contribution is 2.15. The lowest BCUT2D eigenvalue weighted by Crippen LogP contribution is -2.25. The maximum Gasteiger partial charge on any atom is 0.184 e. The molecule has 0 atom stereocenters. The summed E-state index contributed by atoms with van der Waals surface area (Å²) in [6.45, 7) is 4.29. The smallest absolute Gasteiger partial charge is 0.184 e. The number of rotatable bonds is 4. The molecule has 0 aliphatic heterocycles. The molecule has 0 bridgehead atoms. The van der Waals surface area contributed by atoms with Crippen LogP contribution in [0.15, 0.2) is 23.4 Å². The van der Waals surface area contributed by atoms with E-state index in [4.69, 9.17) is 10.5 Å². The molecule has 0 unspecified atom stereocenters. The van der Waals surface area contributed by atoms with Gasteiger partial charge in [0.05, 0.1) is 12.3 Å². The highest BCUT2D eigenvalue weighted by atomic mass is 32.1. The lowest BCUT2D eigenvalue weighted by atomic mass is 10.2. The molecule has 1 aromatic heterocycles. The quantitative estimate of drug-likeness (QED) is 0.466. The van der Waals surface area contributed by atoms with Crippen LogP contribution in [0.25, 0.3) is 0 Å². The van der Waals surface area contributed by atoms with E-state index in [0.29, 0.717) is 23.8 Å². The van der Waals surface area contributed by atoms with Crippen molar-refractivity contribution in [2.75, 3.05) is 6.61 Å². The van der Waals surface area contributed by atoms with E-state index in [-0.39, 0.29) is 5.11 Å². The zero-order chi connectivity index (χ0) is 12.0. The Kier molecular flexibility index (Phi) is 4.65. The number of hydrazone groups is 1. The molecular weight excluding hydrogens is 224 g/mol. The van der Waals surface area contributed by atoms with Crippen molar-refractivity contribution < 1.29 is 4.74 Å². The second kappa shape index (κ2) is 6.02. The Labute approximate surface area is 99.7 Å². The SMILES string of the molecule is CCOc1cccnc1/C(C)=N/NC(N)=S. The molecule has 0 aliphatic rings. The number of nitrogens with one attached hydrogen (secondary N) is 1. The zero-order valence-corrected chi connectivity index (χ0v) is 10.0. The van der Waals surface area contributed by atoms with E-state index in [2.05, 4.69) is 27.7 Å². The predicted molar refractivity (Wildman–Crippen MR) is 67.5 cm³/mol. The summed E-state index contributed by atoms with van der Waals surface area (Å²) in [5.74, 6) is 0.691. The van der Waals surface area contributed by atoms with Crippen molar-refractivity contribution >= 4 is 23.0 Å². The van der Waals surface area contributed by atoms with E-state index in [1.165, 1.54) is 0 Å². The largest absolute Gasteiger partial charge is 0.492 e. The highest BCUT2D eigenvalue weighted by Gasteiger charge is 2.07. The molecule has 0 aliphatic carbocycles. The number of pyridine rings is 1. The van der Waals surface area contributed by atoms with E-state index in [9.17, 15) is 0 Å². The van der Waals surface area contributed by atoms with Crippen LogP contribution in [0.4, 0.5) is 0 Å². The minimum absolute atomic E-state index is 0.119. The van der Waals surface area contributed by atoms with Gasteiger partial charge in [0.15, 0.2) is 5.11 Å². The van der Waals surface area contributed by atoms with Crippen molar-refractivity contribution in [3.05, 3.63) is 24.0 Å². The van der Waals surface area contributed by atoms with Crippen LogP contribution in [0, 0.1) is 0 Å². The minimum Gasteiger partial charge on any atom is -0.492 e. The monoisotopic (exact) mass is 238 g/mol. The molecule has 16 heavy (non-hydrogen) atoms. The topological polar surface area (TPSA) is 72.5 Å². The molecule has 0 amide bonds. The summed E-state index contributed by atoms with van der Waals surface area (Å²) in [7, 11) is 0. The minimum atomic E-state index is 0.119. The van der Waals surface area contributed by atoms with Crippen molar-refractivity contribution in [1.29, 1.82) is 0 Å². The van der Waals surface area contributed by atoms with Gasteiger partial charge >= 0.3 is 0 Å². The van der Waals surface area contributed by atoms with Crippen molar-refractivity contribution in [3.63, 3.8) is 0 Å². The van der Waals surface area contributed by atoms with Crippen LogP contribution in [-0.4, -0.2) is 22.4 Å². The van der Waals surface area contributed by atoms with Gasteiger partial charge in [0.1, 0.15) is 11.4 Å². The molecule has 86 valence electrons. The van der Waals surface area contributed by atoms with Gasteiger partial charge in [0.2, 0.25) is 0 Å². The molecule has 3 N–H and O–H groups in total. The summed E-state index contributed by atoms with van der Waals surface area (Å²) in [6.07, 6.45) is 1.68. The molecule has 5 nitrogen and oxygen atoms in total. The molecule has 6 heteroatoms. The summed E-state index contributed by atoms with van der Waals surface area (Å²) < 4.78 is 5.43. The van der Waals surface area contributed by atoms with Gasteiger partial charge in [-0.3, -0.25) is 10.4 Å². The lowest BCUT2D eigenvalue weighted by Gasteiger charge is -2.08. The Morgan fingerprint density at radius 2 is 2.44 bits per heavy atom. The summed E-state index contributed by atoms with van der Waals surface area (Å²) in [4.78, 5) is 4.20. The Morgan fingerprint density at radius 3 is 3.06 bits per heavy atom. The first-order valence-electron chi connectivity index (χ1n) is 4.83. The summed E-state index contributed by atoms with van der Waals surface area (Å²) in [6, 6.07) is 3.65. The van der Waals surface area contributed by atoms with Crippen LogP contribution >= 0.6 is 12.2 Å². The summed E-state index contributed by atoms with van der Waals surface area (Å²) in [5.41, 5.74) is 9.13. The van der Waals surface area contributed by atoms with Gasteiger partial charge < -0.3 is 10.5 Å². The lowest BCUT2D eigenvalue weighted by molar-refractivity contribution is 0.338. The number of ether oxygens (including phenoxy) is 1. The van der Waals surface area contributed by atoms with Crippen LogP contribution in [0.1, 0.15) is 19.5 Å². The van der Waals surface area contributed by atoms with Crippen LogP contribution in [0.5, 0.6) is 5.75 Å². The van der Waals surface area contributed by atoms with E-state index in [0.717, 1.165) is 0 Å². The molecule has 1 heterocycles. The molecular formula is C10H14N4OS. The third-order valence-electron chi connectivity index (χ3n) is 1.75. The first-order valence-corrected chi connectivity index (χ1v) is 5.24. The van der Waals surface area contributed by atoms with Gasteiger partial charge in [-0.25, -0.2) is 0 Å². The van der Waals surface area contributed by atoms with Crippen molar-refractivity contribution in [2.24, 2.45) is 10.8 Å². The number of aromatic nitrogens is 1. The third-order valence-corrected chi connectivity index (χ3v) is 1.84. The second-order valence-corrected chi connectivity index (χ2v) is 3.40. The Hall–Kier alpha value is -1.69. The maximum atomic E-state index is 5.43. The fraction of sp³-hybridized carbons (Fsp3) is 0.300. The fourth-order valence-electron chi connectivity index (χ4n) is 1.13.